The van der Waals surface area contributed by atoms with Gasteiger partial charge in [0, 0.05) is 25.2 Å². The molecule has 0 atom stereocenters. The lowest BCUT2D eigenvalue weighted by Gasteiger charge is -2.23. The van der Waals surface area contributed by atoms with E-state index in [2.05, 4.69) is 39.5 Å². The van der Waals surface area contributed by atoms with Crippen LogP contribution in [-0.2, 0) is 12.7 Å². The molecule has 3 rings (SSSR count). The average Bonchev–Trinajstić information content (AvgIpc) is 2.98. The first-order chi connectivity index (χ1) is 20.4. The van der Waals surface area contributed by atoms with Gasteiger partial charge in [0.2, 0.25) is 0 Å². The van der Waals surface area contributed by atoms with Crippen molar-refractivity contribution in [2.45, 2.75) is 26.6 Å². The third kappa shape index (κ3) is 9.81. The van der Waals surface area contributed by atoms with Crippen LogP contribution in [0.2, 0.25) is 5.02 Å². The van der Waals surface area contributed by atoms with Crippen LogP contribution in [0.1, 0.15) is 51.3 Å². The maximum atomic E-state index is 13.2. The molecule has 43 heavy (non-hydrogen) atoms. The summed E-state index contributed by atoms with van der Waals surface area (Å²) in [7, 11) is 3.46. The number of hydrogen-bond donors (Lipinski definition) is 2. The number of anilines is 1. The van der Waals surface area contributed by atoms with Crippen LogP contribution in [0.15, 0.2) is 65.8 Å². The van der Waals surface area contributed by atoms with E-state index in [0.29, 0.717) is 17.9 Å². The molecule has 0 radical (unpaired) electrons. The molecule has 2 amide bonds. The molecule has 0 aliphatic rings. The number of nitrogens with zero attached hydrogens (tertiary/aromatic N) is 3. The summed E-state index contributed by atoms with van der Waals surface area (Å²) in [6.07, 6.45) is -3.58. The second kappa shape index (κ2) is 15.5. The Morgan fingerprint density at radius 1 is 1.00 bits per heavy atom. The van der Waals surface area contributed by atoms with E-state index in [-0.39, 0.29) is 16.8 Å². The molecule has 8 nitrogen and oxygen atoms in total. The summed E-state index contributed by atoms with van der Waals surface area (Å²) in [5.41, 5.74) is 2.97. The maximum Gasteiger partial charge on any atom is 0.417 e. The highest BCUT2D eigenvalue weighted by Gasteiger charge is 2.33. The van der Waals surface area contributed by atoms with Crippen molar-refractivity contribution >= 4 is 35.3 Å². The molecule has 0 unspecified atom stereocenters. The number of halogens is 4. The summed E-state index contributed by atoms with van der Waals surface area (Å²) in [5, 5.41) is 6.10. The van der Waals surface area contributed by atoms with Gasteiger partial charge in [-0.1, -0.05) is 43.6 Å². The highest BCUT2D eigenvalue weighted by Crippen LogP contribution is 2.34. The van der Waals surface area contributed by atoms with E-state index in [1.807, 2.05) is 13.1 Å². The summed E-state index contributed by atoms with van der Waals surface area (Å²) in [6.45, 7) is 8.74. The van der Waals surface area contributed by atoms with E-state index in [1.54, 1.807) is 24.3 Å². The van der Waals surface area contributed by atoms with Gasteiger partial charge in [0.15, 0.2) is 0 Å². The van der Waals surface area contributed by atoms with Gasteiger partial charge in [0.05, 0.1) is 35.2 Å². The number of methoxy groups -OCH3 is 1. The lowest BCUT2D eigenvalue weighted by Crippen LogP contribution is -2.32. The van der Waals surface area contributed by atoms with Crippen LogP contribution >= 0.6 is 11.6 Å². The second-order valence-electron chi connectivity index (χ2n) is 9.77. The first-order valence-corrected chi connectivity index (χ1v) is 14.0. The molecule has 0 saturated carbocycles. The van der Waals surface area contributed by atoms with Gasteiger partial charge in [-0.15, -0.1) is 0 Å². The number of rotatable bonds is 13. The SMILES string of the molecule is CCN(CC)CCN(C)Cc1cccc(C(=O)Nc2ccc(OC)cc2C(=O)N/N=C/c2ccc(Cl)c(C(F)(F)F)c2)c1. The van der Waals surface area contributed by atoms with Crippen molar-refractivity contribution in [1.29, 1.82) is 0 Å². The Morgan fingerprint density at radius 2 is 1.74 bits per heavy atom. The first kappa shape index (κ1) is 33.6. The topological polar surface area (TPSA) is 86.3 Å². The Balaban J connectivity index is 1.72. The summed E-state index contributed by atoms with van der Waals surface area (Å²) in [5.74, 6) is -0.773. The lowest BCUT2D eigenvalue weighted by atomic mass is 10.1. The fourth-order valence-corrected chi connectivity index (χ4v) is 4.49. The first-order valence-electron chi connectivity index (χ1n) is 13.6. The van der Waals surface area contributed by atoms with Crippen LogP contribution in [0.3, 0.4) is 0 Å². The third-order valence-corrected chi connectivity index (χ3v) is 7.06. The number of hydrogen-bond acceptors (Lipinski definition) is 6. The quantitative estimate of drug-likeness (QED) is 0.177. The normalized spacial score (nSPS) is 11.8. The van der Waals surface area contributed by atoms with Crippen molar-refractivity contribution in [1.82, 2.24) is 15.2 Å². The van der Waals surface area contributed by atoms with Gasteiger partial charge in [-0.05, 0) is 73.7 Å². The molecule has 0 bridgehead atoms. The number of amides is 2. The molecular formula is C31H35ClF3N5O3. The maximum absolute atomic E-state index is 13.2. The standard InChI is InChI=1S/C31H35ClF3N5O3/c1-5-40(6-2)15-14-39(3)20-22-8-7-9-23(16-22)29(41)37-28-13-11-24(43-4)18-25(28)30(42)38-36-19-21-10-12-27(32)26(17-21)31(33,34)35/h7-13,16-19H,5-6,14-15,20H2,1-4H3,(H,37,41)(H,38,42)/b36-19+. The smallest absolute Gasteiger partial charge is 0.417 e. The Kier molecular flexibility index (Phi) is 12.1. The monoisotopic (exact) mass is 617 g/mol. The molecule has 3 aromatic rings. The van der Waals surface area contributed by atoms with Crippen LogP contribution in [0.5, 0.6) is 5.75 Å². The number of hydrazone groups is 1. The summed E-state index contributed by atoms with van der Waals surface area (Å²) < 4.78 is 44.7. The van der Waals surface area contributed by atoms with Gasteiger partial charge >= 0.3 is 6.18 Å². The third-order valence-electron chi connectivity index (χ3n) is 6.73. The van der Waals surface area contributed by atoms with Gasteiger partial charge in [0.25, 0.3) is 11.8 Å². The van der Waals surface area contributed by atoms with Crippen LogP contribution in [-0.4, -0.2) is 68.2 Å². The van der Waals surface area contributed by atoms with E-state index in [4.69, 9.17) is 16.3 Å². The molecule has 0 aromatic heterocycles. The Bertz CT molecular complexity index is 1440. The molecule has 0 spiro atoms. The van der Waals surface area contributed by atoms with E-state index >= 15 is 0 Å². The lowest BCUT2D eigenvalue weighted by molar-refractivity contribution is -0.137. The van der Waals surface area contributed by atoms with Crippen molar-refractivity contribution in [2.24, 2.45) is 5.10 Å². The van der Waals surface area contributed by atoms with Crippen LogP contribution in [0.4, 0.5) is 18.9 Å². The molecule has 0 saturated heterocycles. The number of carbonyl (C=O) groups excluding carboxylic acids is 2. The predicted octanol–water partition coefficient (Wildman–Crippen LogP) is 6.16. The van der Waals surface area contributed by atoms with E-state index in [0.717, 1.165) is 50.1 Å². The Morgan fingerprint density at radius 3 is 2.42 bits per heavy atom. The zero-order chi connectivity index (χ0) is 31.6. The molecule has 0 heterocycles. The minimum Gasteiger partial charge on any atom is -0.497 e. The van der Waals surface area contributed by atoms with E-state index in [9.17, 15) is 22.8 Å². The Labute approximate surface area is 254 Å². The number of benzene rings is 3. The van der Waals surface area contributed by atoms with E-state index < -0.39 is 28.6 Å². The van der Waals surface area contributed by atoms with Gasteiger partial charge in [0.1, 0.15) is 5.75 Å². The Hall–Kier alpha value is -3.93. The molecule has 0 aliphatic carbocycles. The number of nitrogens with one attached hydrogen (secondary N) is 2. The van der Waals surface area contributed by atoms with Crippen molar-refractivity contribution in [3.8, 4) is 5.75 Å². The van der Waals surface area contributed by atoms with Gasteiger partial charge in [-0.3, -0.25) is 9.59 Å². The number of alkyl halides is 3. The van der Waals surface area contributed by atoms with Crippen LogP contribution < -0.4 is 15.5 Å². The number of likely N-dealkylation sites (N-methyl/N-ethyl adjacent to an activating group) is 2. The average molecular weight is 618 g/mol. The molecule has 230 valence electrons. The van der Waals surface area contributed by atoms with Crippen molar-refractivity contribution in [2.75, 3.05) is 45.7 Å². The van der Waals surface area contributed by atoms with Gasteiger partial charge in [-0.25, -0.2) is 5.43 Å². The number of carbonyl (C=O) groups is 2. The highest BCUT2D eigenvalue weighted by atomic mass is 35.5. The fourth-order valence-electron chi connectivity index (χ4n) is 4.26. The zero-order valence-corrected chi connectivity index (χ0v) is 25.2. The van der Waals surface area contributed by atoms with E-state index in [1.165, 1.54) is 25.3 Å². The summed E-state index contributed by atoms with van der Waals surface area (Å²) in [6, 6.07) is 15.0. The summed E-state index contributed by atoms with van der Waals surface area (Å²) in [4.78, 5) is 30.7. The number of ether oxygens (including phenoxy) is 1. The van der Waals surface area contributed by atoms with Crippen molar-refractivity contribution < 1.29 is 27.5 Å². The zero-order valence-electron chi connectivity index (χ0n) is 24.5. The molecule has 3 aromatic carbocycles. The minimum absolute atomic E-state index is 0.0456. The minimum atomic E-state index is -4.64. The molecule has 2 N–H and O–H groups in total. The van der Waals surface area contributed by atoms with Crippen molar-refractivity contribution in [3.63, 3.8) is 0 Å². The van der Waals surface area contributed by atoms with Crippen LogP contribution in [0.25, 0.3) is 0 Å². The second-order valence-corrected chi connectivity index (χ2v) is 10.2. The fraction of sp³-hybridized carbons (Fsp3) is 0.323. The highest BCUT2D eigenvalue weighted by molar-refractivity contribution is 6.31. The largest absolute Gasteiger partial charge is 0.497 e. The predicted molar refractivity (Wildman–Crippen MR) is 163 cm³/mol. The summed E-state index contributed by atoms with van der Waals surface area (Å²) >= 11 is 5.66. The molecular weight excluding hydrogens is 583 g/mol. The van der Waals surface area contributed by atoms with Crippen molar-refractivity contribution in [3.05, 3.63) is 93.5 Å². The molecule has 0 fully saturated rings. The van der Waals surface area contributed by atoms with Gasteiger partial charge < -0.3 is 19.9 Å². The molecule has 0 aliphatic heterocycles. The molecule has 12 heteroatoms. The van der Waals surface area contributed by atoms with Gasteiger partial charge in [-0.2, -0.15) is 18.3 Å². The van der Waals surface area contributed by atoms with Crippen LogP contribution in [0, 0.1) is 0 Å².